The number of hydrogen-bond donors (Lipinski definition) is 2. The predicted molar refractivity (Wildman–Crippen MR) is 88.6 cm³/mol. The fraction of sp³-hybridized carbons (Fsp3) is 0.167. The van der Waals surface area contributed by atoms with Crippen LogP contribution in [0.5, 0.6) is 5.75 Å². The molecule has 2 aromatic carbocycles. The van der Waals surface area contributed by atoms with Gasteiger partial charge in [0.05, 0.1) is 11.4 Å². The first kappa shape index (κ1) is 14.2. The van der Waals surface area contributed by atoms with Gasteiger partial charge in [-0.2, -0.15) is 5.10 Å². The van der Waals surface area contributed by atoms with Gasteiger partial charge in [-0.05, 0) is 42.3 Å². The van der Waals surface area contributed by atoms with Crippen LogP contribution < -0.4 is 10.5 Å². The number of nitrogens with two attached hydrogens (primary N) is 1. The Hall–Kier alpha value is -2.75. The van der Waals surface area contributed by atoms with E-state index in [9.17, 15) is 0 Å². The van der Waals surface area contributed by atoms with Crippen molar-refractivity contribution in [3.8, 4) is 17.0 Å². The second kappa shape index (κ2) is 6.35. The highest BCUT2D eigenvalue weighted by Gasteiger charge is 2.05. The van der Waals surface area contributed by atoms with Crippen LogP contribution >= 0.6 is 0 Å². The molecule has 0 unspecified atom stereocenters. The molecule has 0 fully saturated rings. The smallest absolute Gasteiger partial charge is 0.130 e. The summed E-state index contributed by atoms with van der Waals surface area (Å²) in [7, 11) is 0. The summed E-state index contributed by atoms with van der Waals surface area (Å²) >= 11 is 0. The van der Waals surface area contributed by atoms with Gasteiger partial charge in [-0.25, -0.2) is 0 Å². The number of hydrogen-bond acceptors (Lipinski definition) is 3. The molecule has 0 aliphatic carbocycles. The number of nitrogens with one attached hydrogen (secondary N) is 1. The van der Waals surface area contributed by atoms with Crippen LogP contribution in [-0.4, -0.2) is 10.2 Å². The topological polar surface area (TPSA) is 63.9 Å². The largest absolute Gasteiger partial charge is 0.487 e. The number of rotatable bonds is 5. The molecule has 3 N–H and O–H groups in total. The van der Waals surface area contributed by atoms with Crippen LogP contribution in [0.25, 0.3) is 11.3 Å². The Bertz CT molecular complexity index is 764. The lowest BCUT2D eigenvalue weighted by atomic mass is 10.1. The molecule has 0 saturated heterocycles. The first-order valence-electron chi connectivity index (χ1n) is 7.36. The van der Waals surface area contributed by atoms with Crippen LogP contribution in [0.4, 0.5) is 5.69 Å². The molecule has 1 heterocycles. The van der Waals surface area contributed by atoms with E-state index in [1.165, 1.54) is 5.56 Å². The Morgan fingerprint density at radius 2 is 1.95 bits per heavy atom. The van der Waals surface area contributed by atoms with E-state index in [0.717, 1.165) is 34.8 Å². The summed E-state index contributed by atoms with van der Waals surface area (Å²) < 4.78 is 5.81. The van der Waals surface area contributed by atoms with E-state index in [-0.39, 0.29) is 0 Å². The average molecular weight is 293 g/mol. The zero-order valence-corrected chi connectivity index (χ0v) is 12.5. The van der Waals surface area contributed by atoms with Crippen molar-refractivity contribution >= 4 is 5.69 Å². The van der Waals surface area contributed by atoms with Gasteiger partial charge in [0.2, 0.25) is 0 Å². The fourth-order valence-electron chi connectivity index (χ4n) is 2.30. The molecule has 1 aromatic heterocycles. The number of benzene rings is 2. The predicted octanol–water partition coefficient (Wildman–Crippen LogP) is 3.80. The van der Waals surface area contributed by atoms with Crippen molar-refractivity contribution in [1.82, 2.24) is 10.2 Å². The highest BCUT2D eigenvalue weighted by Crippen LogP contribution is 2.21. The molecular formula is C18H19N3O. The second-order valence-electron chi connectivity index (χ2n) is 5.19. The summed E-state index contributed by atoms with van der Waals surface area (Å²) in [4.78, 5) is 0. The summed E-state index contributed by atoms with van der Waals surface area (Å²) in [5.41, 5.74) is 10.6. The van der Waals surface area contributed by atoms with Gasteiger partial charge in [-0.15, -0.1) is 0 Å². The van der Waals surface area contributed by atoms with E-state index in [1.54, 1.807) is 0 Å². The quantitative estimate of drug-likeness (QED) is 0.703. The molecule has 112 valence electrons. The van der Waals surface area contributed by atoms with Crippen LogP contribution in [0.3, 0.4) is 0 Å². The number of aromatic nitrogens is 2. The zero-order chi connectivity index (χ0) is 15.4. The van der Waals surface area contributed by atoms with E-state index in [0.29, 0.717) is 6.61 Å². The Morgan fingerprint density at radius 3 is 2.77 bits per heavy atom. The number of aryl methyl sites for hydroxylation is 1. The first-order valence-corrected chi connectivity index (χ1v) is 7.36. The summed E-state index contributed by atoms with van der Waals surface area (Å²) in [5.74, 6) is 0.874. The van der Waals surface area contributed by atoms with Crippen molar-refractivity contribution < 1.29 is 4.74 Å². The minimum absolute atomic E-state index is 0.461. The molecule has 0 bridgehead atoms. The Labute approximate surface area is 129 Å². The van der Waals surface area contributed by atoms with E-state index in [2.05, 4.69) is 29.3 Å². The van der Waals surface area contributed by atoms with E-state index >= 15 is 0 Å². The molecule has 3 rings (SSSR count). The molecule has 0 atom stereocenters. The summed E-state index contributed by atoms with van der Waals surface area (Å²) in [6.07, 6.45) is 1.00. The van der Waals surface area contributed by atoms with Crippen molar-refractivity contribution in [3.63, 3.8) is 0 Å². The normalized spacial score (nSPS) is 10.6. The van der Waals surface area contributed by atoms with Gasteiger partial charge in [0.1, 0.15) is 12.4 Å². The molecule has 4 nitrogen and oxygen atoms in total. The highest BCUT2D eigenvalue weighted by atomic mass is 16.5. The lowest BCUT2D eigenvalue weighted by Crippen LogP contribution is -1.96. The van der Waals surface area contributed by atoms with Crippen LogP contribution in [0, 0.1) is 0 Å². The lowest BCUT2D eigenvalue weighted by Gasteiger charge is -2.05. The third kappa shape index (κ3) is 3.28. The van der Waals surface area contributed by atoms with Gasteiger partial charge in [-0.3, -0.25) is 5.10 Å². The maximum atomic E-state index is 5.81. The highest BCUT2D eigenvalue weighted by molar-refractivity contribution is 5.64. The maximum absolute atomic E-state index is 5.81. The van der Waals surface area contributed by atoms with Crippen LogP contribution in [0.15, 0.2) is 54.6 Å². The van der Waals surface area contributed by atoms with Crippen molar-refractivity contribution in [2.45, 2.75) is 20.0 Å². The van der Waals surface area contributed by atoms with E-state index in [4.69, 9.17) is 10.5 Å². The van der Waals surface area contributed by atoms with Crippen LogP contribution in [0.1, 0.15) is 18.2 Å². The second-order valence-corrected chi connectivity index (χ2v) is 5.19. The standard InChI is InChI=1S/C18H19N3O/c1-2-13-5-3-8-17(9-13)22-12-16-11-18(21-20-16)14-6-4-7-15(19)10-14/h3-11H,2,12,19H2,1H3,(H,20,21). The first-order chi connectivity index (χ1) is 10.7. The molecule has 0 radical (unpaired) electrons. The minimum atomic E-state index is 0.461. The van der Waals surface area contributed by atoms with Gasteiger partial charge in [-0.1, -0.05) is 31.2 Å². The Morgan fingerprint density at radius 1 is 1.09 bits per heavy atom. The molecule has 0 aliphatic rings. The Kier molecular flexibility index (Phi) is 4.10. The minimum Gasteiger partial charge on any atom is -0.487 e. The van der Waals surface area contributed by atoms with Gasteiger partial charge in [0.25, 0.3) is 0 Å². The van der Waals surface area contributed by atoms with Crippen molar-refractivity contribution in [2.75, 3.05) is 5.73 Å². The molecule has 0 amide bonds. The van der Waals surface area contributed by atoms with E-state index in [1.807, 2.05) is 42.5 Å². The van der Waals surface area contributed by atoms with Gasteiger partial charge in [0.15, 0.2) is 0 Å². The molecule has 3 aromatic rings. The summed E-state index contributed by atoms with van der Waals surface area (Å²) in [5, 5.41) is 7.32. The number of ether oxygens (including phenoxy) is 1. The van der Waals surface area contributed by atoms with Crippen molar-refractivity contribution in [3.05, 3.63) is 65.9 Å². The maximum Gasteiger partial charge on any atom is 0.130 e. The fourth-order valence-corrected chi connectivity index (χ4v) is 2.30. The molecule has 4 heteroatoms. The van der Waals surface area contributed by atoms with Crippen LogP contribution in [-0.2, 0) is 13.0 Å². The molecular weight excluding hydrogens is 274 g/mol. The number of aromatic amines is 1. The van der Waals surface area contributed by atoms with E-state index < -0.39 is 0 Å². The SMILES string of the molecule is CCc1cccc(OCc2cc(-c3cccc(N)c3)n[nH]2)c1. The number of nitrogens with zero attached hydrogens (tertiary/aromatic N) is 1. The molecule has 0 saturated carbocycles. The third-order valence-corrected chi connectivity index (χ3v) is 3.51. The van der Waals surface area contributed by atoms with Crippen molar-refractivity contribution in [2.24, 2.45) is 0 Å². The van der Waals surface area contributed by atoms with Crippen molar-refractivity contribution in [1.29, 1.82) is 0 Å². The van der Waals surface area contributed by atoms with Gasteiger partial charge >= 0.3 is 0 Å². The molecule has 22 heavy (non-hydrogen) atoms. The monoisotopic (exact) mass is 293 g/mol. The summed E-state index contributed by atoms with van der Waals surface area (Å²) in [6.45, 7) is 2.59. The van der Waals surface area contributed by atoms with Crippen LogP contribution in [0.2, 0.25) is 0 Å². The number of nitrogen functional groups attached to an aromatic ring is 1. The Balaban J connectivity index is 1.69. The average Bonchev–Trinajstić information content (AvgIpc) is 3.02. The number of H-pyrrole nitrogens is 1. The zero-order valence-electron chi connectivity index (χ0n) is 12.5. The van der Waals surface area contributed by atoms with Gasteiger partial charge in [0, 0.05) is 11.3 Å². The molecule has 0 spiro atoms. The third-order valence-electron chi connectivity index (χ3n) is 3.51. The lowest BCUT2D eigenvalue weighted by molar-refractivity contribution is 0.301. The van der Waals surface area contributed by atoms with Gasteiger partial charge < -0.3 is 10.5 Å². The molecule has 0 aliphatic heterocycles. The number of anilines is 1. The summed E-state index contributed by atoms with van der Waals surface area (Å²) in [6, 6.07) is 17.8.